The number of rotatable bonds is 10. The number of piperidine rings is 1. The van der Waals surface area contributed by atoms with E-state index >= 15 is 0 Å². The minimum atomic E-state index is -0.0159. The molecule has 0 bridgehead atoms. The summed E-state index contributed by atoms with van der Waals surface area (Å²) in [5.41, 5.74) is 0. The zero-order chi connectivity index (χ0) is 19.4. The van der Waals surface area contributed by atoms with E-state index in [2.05, 4.69) is 34.4 Å². The van der Waals surface area contributed by atoms with Crippen molar-refractivity contribution in [3.8, 4) is 0 Å². The summed E-state index contributed by atoms with van der Waals surface area (Å²) >= 11 is 0. The van der Waals surface area contributed by atoms with Crippen LogP contribution in [0.4, 0.5) is 0 Å². The summed E-state index contributed by atoms with van der Waals surface area (Å²) in [4.78, 5) is 20.2. The van der Waals surface area contributed by atoms with E-state index in [9.17, 15) is 4.79 Å². The van der Waals surface area contributed by atoms with Crippen molar-refractivity contribution < 1.29 is 14.3 Å². The van der Waals surface area contributed by atoms with E-state index in [4.69, 9.17) is 9.47 Å². The van der Waals surface area contributed by atoms with Crippen LogP contribution in [0.2, 0.25) is 0 Å². The zero-order valence-electron chi connectivity index (χ0n) is 17.5. The number of carbonyl (C=O) groups is 1. The van der Waals surface area contributed by atoms with Crippen LogP contribution in [-0.4, -0.2) is 101 Å². The minimum Gasteiger partial charge on any atom is -0.383 e. The number of aliphatic imine (C=N–C) groups is 1. The summed E-state index contributed by atoms with van der Waals surface area (Å²) in [6.45, 7) is 9.37. The molecule has 0 aromatic carbocycles. The summed E-state index contributed by atoms with van der Waals surface area (Å²) in [5, 5.41) is 6.69. The Morgan fingerprint density at radius 1 is 1.26 bits per heavy atom. The highest BCUT2D eigenvalue weighted by molar-refractivity contribution is 14.0. The molecule has 9 heteroatoms. The Balaban J connectivity index is 0.00000676. The number of hydrogen-bond acceptors (Lipinski definition) is 5. The normalized spacial score (nSPS) is 16.1. The molecule has 0 aromatic rings. The number of guanidine groups is 1. The standard InChI is InChI=1S/C18H37N5O3.HI/c1-15(2)26-13-11-23-9-6-16(7-10-23)21-18(19-8-12-25-5)20-14-17(24)22(3)4;/h15-16H,6-14H2,1-5H3,(H2,19,20,21);1H. The van der Waals surface area contributed by atoms with Crippen LogP contribution in [0.1, 0.15) is 26.7 Å². The molecule has 160 valence electrons. The molecule has 1 fully saturated rings. The van der Waals surface area contributed by atoms with Gasteiger partial charge in [0, 0.05) is 53.4 Å². The molecular formula is C18H38IN5O3. The van der Waals surface area contributed by atoms with E-state index in [1.165, 1.54) is 0 Å². The molecular weight excluding hydrogens is 461 g/mol. The van der Waals surface area contributed by atoms with Crippen LogP contribution >= 0.6 is 24.0 Å². The molecule has 0 saturated carbocycles. The number of likely N-dealkylation sites (N-methyl/N-ethyl adjacent to an activating group) is 1. The second-order valence-electron chi connectivity index (χ2n) is 7.05. The molecule has 0 unspecified atom stereocenters. The SMILES string of the molecule is COCCNC(=NCC(=O)N(C)C)NC1CCN(CCOC(C)C)CC1.I. The molecule has 1 rings (SSSR count). The number of ether oxygens (including phenoxy) is 2. The number of likely N-dealkylation sites (tertiary alicyclic amines) is 1. The maximum atomic E-state index is 11.8. The second-order valence-corrected chi connectivity index (χ2v) is 7.05. The third-order valence-electron chi connectivity index (χ3n) is 4.26. The quantitative estimate of drug-likeness (QED) is 0.200. The lowest BCUT2D eigenvalue weighted by Crippen LogP contribution is -2.49. The molecule has 1 saturated heterocycles. The van der Waals surface area contributed by atoms with Gasteiger partial charge in [0.25, 0.3) is 0 Å². The summed E-state index contributed by atoms with van der Waals surface area (Å²) in [6.07, 6.45) is 2.39. The number of nitrogens with one attached hydrogen (secondary N) is 2. The average Bonchev–Trinajstić information content (AvgIpc) is 2.60. The molecule has 1 aliphatic rings. The number of methoxy groups -OCH3 is 1. The van der Waals surface area contributed by atoms with Gasteiger partial charge in [-0.15, -0.1) is 24.0 Å². The summed E-state index contributed by atoms with van der Waals surface area (Å²) < 4.78 is 10.7. The van der Waals surface area contributed by atoms with Crippen LogP contribution in [0.25, 0.3) is 0 Å². The van der Waals surface area contributed by atoms with E-state index in [1.807, 2.05) is 0 Å². The van der Waals surface area contributed by atoms with E-state index in [0.717, 1.165) is 39.1 Å². The number of amides is 1. The van der Waals surface area contributed by atoms with Gasteiger partial charge in [0.15, 0.2) is 5.96 Å². The summed E-state index contributed by atoms with van der Waals surface area (Å²) in [5.74, 6) is 0.664. The van der Waals surface area contributed by atoms with Crippen molar-refractivity contribution >= 4 is 35.8 Å². The van der Waals surface area contributed by atoms with Gasteiger partial charge in [-0.3, -0.25) is 4.79 Å². The first kappa shape index (κ1) is 26.4. The average molecular weight is 499 g/mol. The fourth-order valence-corrected chi connectivity index (χ4v) is 2.62. The third-order valence-corrected chi connectivity index (χ3v) is 4.26. The smallest absolute Gasteiger partial charge is 0.243 e. The molecule has 0 aromatic heterocycles. The third kappa shape index (κ3) is 12.4. The highest BCUT2D eigenvalue weighted by atomic mass is 127. The minimum absolute atomic E-state index is 0. The van der Waals surface area contributed by atoms with E-state index in [-0.39, 0.29) is 42.5 Å². The highest BCUT2D eigenvalue weighted by Gasteiger charge is 2.20. The van der Waals surface area contributed by atoms with Crippen LogP contribution in [0.15, 0.2) is 4.99 Å². The molecule has 1 amide bonds. The van der Waals surface area contributed by atoms with Gasteiger partial charge in [0.05, 0.1) is 19.3 Å². The Morgan fingerprint density at radius 2 is 1.93 bits per heavy atom. The van der Waals surface area contributed by atoms with Gasteiger partial charge in [-0.05, 0) is 26.7 Å². The first-order valence-corrected chi connectivity index (χ1v) is 9.50. The molecule has 1 heterocycles. The van der Waals surface area contributed by atoms with Crippen molar-refractivity contribution in [2.75, 3.05) is 67.1 Å². The Bertz CT molecular complexity index is 427. The van der Waals surface area contributed by atoms with Gasteiger partial charge in [-0.25, -0.2) is 4.99 Å². The van der Waals surface area contributed by atoms with Gasteiger partial charge >= 0.3 is 0 Å². The largest absolute Gasteiger partial charge is 0.383 e. The predicted octanol–water partition coefficient (Wildman–Crippen LogP) is 0.764. The molecule has 0 aliphatic carbocycles. The van der Waals surface area contributed by atoms with E-state index in [0.29, 0.717) is 25.2 Å². The second kappa shape index (κ2) is 15.3. The van der Waals surface area contributed by atoms with Crippen molar-refractivity contribution in [2.45, 2.75) is 38.8 Å². The maximum Gasteiger partial charge on any atom is 0.243 e. The monoisotopic (exact) mass is 499 g/mol. The highest BCUT2D eigenvalue weighted by Crippen LogP contribution is 2.10. The van der Waals surface area contributed by atoms with Crippen LogP contribution in [-0.2, 0) is 14.3 Å². The number of halogens is 1. The Morgan fingerprint density at radius 3 is 2.48 bits per heavy atom. The van der Waals surface area contributed by atoms with Crippen molar-refractivity contribution in [3.63, 3.8) is 0 Å². The van der Waals surface area contributed by atoms with Gasteiger partial charge in [0.1, 0.15) is 6.54 Å². The van der Waals surface area contributed by atoms with Crippen LogP contribution < -0.4 is 10.6 Å². The van der Waals surface area contributed by atoms with E-state index < -0.39 is 0 Å². The predicted molar refractivity (Wildman–Crippen MR) is 120 cm³/mol. The Labute approximate surface area is 181 Å². The fourth-order valence-electron chi connectivity index (χ4n) is 2.62. The van der Waals surface area contributed by atoms with Crippen LogP contribution in [0, 0.1) is 0 Å². The Kier molecular flexibility index (Phi) is 14.9. The zero-order valence-corrected chi connectivity index (χ0v) is 19.8. The van der Waals surface area contributed by atoms with Gasteiger partial charge in [-0.1, -0.05) is 0 Å². The summed E-state index contributed by atoms with van der Waals surface area (Å²) in [6, 6.07) is 0.362. The van der Waals surface area contributed by atoms with Crippen LogP contribution in [0.5, 0.6) is 0 Å². The maximum absolute atomic E-state index is 11.8. The number of nitrogens with zero attached hydrogens (tertiary/aromatic N) is 3. The number of hydrogen-bond donors (Lipinski definition) is 2. The van der Waals surface area contributed by atoms with Gasteiger partial charge in [-0.2, -0.15) is 0 Å². The van der Waals surface area contributed by atoms with Crippen molar-refractivity contribution in [3.05, 3.63) is 0 Å². The van der Waals surface area contributed by atoms with Crippen molar-refractivity contribution in [1.82, 2.24) is 20.4 Å². The molecule has 0 atom stereocenters. The molecule has 8 nitrogen and oxygen atoms in total. The van der Waals surface area contributed by atoms with Crippen molar-refractivity contribution in [1.29, 1.82) is 0 Å². The van der Waals surface area contributed by atoms with Crippen LogP contribution in [0.3, 0.4) is 0 Å². The first-order chi connectivity index (χ1) is 12.4. The Hall–Kier alpha value is -0.650. The van der Waals surface area contributed by atoms with Gasteiger partial charge < -0.3 is 29.9 Å². The van der Waals surface area contributed by atoms with Crippen molar-refractivity contribution in [2.24, 2.45) is 4.99 Å². The lowest BCUT2D eigenvalue weighted by Gasteiger charge is -2.33. The lowest BCUT2D eigenvalue weighted by molar-refractivity contribution is -0.127. The lowest BCUT2D eigenvalue weighted by atomic mass is 10.1. The molecule has 0 spiro atoms. The molecule has 27 heavy (non-hydrogen) atoms. The van der Waals surface area contributed by atoms with Gasteiger partial charge in [0.2, 0.25) is 5.91 Å². The summed E-state index contributed by atoms with van der Waals surface area (Å²) in [7, 11) is 5.14. The fraction of sp³-hybridized carbons (Fsp3) is 0.889. The molecule has 2 N–H and O–H groups in total. The molecule has 1 aliphatic heterocycles. The molecule has 0 radical (unpaired) electrons. The number of carbonyl (C=O) groups excluding carboxylic acids is 1. The topological polar surface area (TPSA) is 78.4 Å². The van der Waals surface area contributed by atoms with E-state index in [1.54, 1.807) is 26.1 Å². The first-order valence-electron chi connectivity index (χ1n) is 9.50.